The predicted octanol–water partition coefficient (Wildman–Crippen LogP) is 0.842. The number of hydrogen-bond acceptors (Lipinski definition) is 3. The Hall–Kier alpha value is -0.120. The molecular weight excluding hydrogens is 154 g/mol. The molecule has 2 aliphatic heterocycles. The van der Waals surface area contributed by atoms with Gasteiger partial charge < -0.3 is 9.47 Å². The largest absolute Gasteiger partial charge is 0.349 e. The molecule has 0 N–H and O–H groups in total. The second-order valence-corrected chi connectivity index (χ2v) is 3.80. The van der Waals surface area contributed by atoms with Crippen molar-refractivity contribution in [1.29, 1.82) is 0 Å². The van der Waals surface area contributed by atoms with Gasteiger partial charge in [-0.15, -0.1) is 0 Å². The summed E-state index contributed by atoms with van der Waals surface area (Å²) in [5.74, 6) is 0. The Balaban J connectivity index is 1.77. The van der Waals surface area contributed by atoms with Gasteiger partial charge in [0, 0.05) is 12.1 Å². The van der Waals surface area contributed by atoms with Crippen LogP contribution in [0.15, 0.2) is 0 Å². The number of ether oxygens (including phenoxy) is 2. The van der Waals surface area contributed by atoms with E-state index in [1.165, 1.54) is 6.42 Å². The van der Waals surface area contributed by atoms with Crippen LogP contribution in [-0.4, -0.2) is 43.0 Å². The summed E-state index contributed by atoms with van der Waals surface area (Å²) < 4.78 is 10.8. The minimum absolute atomic E-state index is 0.0372. The highest BCUT2D eigenvalue weighted by molar-refractivity contribution is 4.87. The lowest BCUT2D eigenvalue weighted by Gasteiger charge is -2.46. The second-order valence-electron chi connectivity index (χ2n) is 3.80. The van der Waals surface area contributed by atoms with Crippen molar-refractivity contribution in [2.75, 3.05) is 19.8 Å². The van der Waals surface area contributed by atoms with Gasteiger partial charge in [0.25, 0.3) is 0 Å². The molecule has 0 aromatic rings. The molecule has 2 aliphatic rings. The van der Waals surface area contributed by atoms with Gasteiger partial charge in [-0.2, -0.15) is 0 Å². The van der Waals surface area contributed by atoms with Gasteiger partial charge in [0.15, 0.2) is 6.29 Å². The van der Waals surface area contributed by atoms with Gasteiger partial charge in [-0.3, -0.25) is 4.90 Å². The van der Waals surface area contributed by atoms with E-state index < -0.39 is 0 Å². The summed E-state index contributed by atoms with van der Waals surface area (Å²) in [6, 6.07) is 1.43. The van der Waals surface area contributed by atoms with Gasteiger partial charge in [-0.05, 0) is 20.3 Å². The molecule has 0 saturated carbocycles. The zero-order chi connectivity index (χ0) is 8.55. The molecule has 0 aliphatic carbocycles. The maximum absolute atomic E-state index is 5.39. The fraction of sp³-hybridized carbons (Fsp3) is 1.00. The molecule has 2 atom stereocenters. The Morgan fingerprint density at radius 3 is 2.25 bits per heavy atom. The Kier molecular flexibility index (Phi) is 2.35. The number of nitrogens with zero attached hydrogens (tertiary/aromatic N) is 1. The molecule has 2 heterocycles. The van der Waals surface area contributed by atoms with Crippen LogP contribution in [0.4, 0.5) is 0 Å². The summed E-state index contributed by atoms with van der Waals surface area (Å²) in [6.45, 7) is 6.99. The average molecular weight is 171 g/mol. The Bertz CT molecular complexity index is 149. The Morgan fingerprint density at radius 2 is 1.75 bits per heavy atom. The first-order valence-electron chi connectivity index (χ1n) is 4.76. The maximum Gasteiger partial charge on any atom is 0.170 e. The summed E-state index contributed by atoms with van der Waals surface area (Å²) in [5, 5.41) is 0. The standard InChI is InChI=1S/C9H17NO2/c1-7-5-8(2)10(7)6-9-11-3-4-12-9/h7-9H,3-6H2,1-2H3. The van der Waals surface area contributed by atoms with E-state index in [9.17, 15) is 0 Å². The third kappa shape index (κ3) is 1.49. The molecule has 0 amide bonds. The van der Waals surface area contributed by atoms with Crippen LogP contribution in [0, 0.1) is 0 Å². The highest BCUT2D eigenvalue weighted by atomic mass is 16.7. The molecule has 2 rings (SSSR count). The molecule has 0 aromatic heterocycles. The van der Waals surface area contributed by atoms with Crippen molar-refractivity contribution in [3.63, 3.8) is 0 Å². The van der Waals surface area contributed by atoms with Gasteiger partial charge in [-0.1, -0.05) is 0 Å². The third-order valence-corrected chi connectivity index (χ3v) is 2.87. The number of rotatable bonds is 2. The van der Waals surface area contributed by atoms with Crippen molar-refractivity contribution < 1.29 is 9.47 Å². The van der Waals surface area contributed by atoms with Crippen LogP contribution in [0.5, 0.6) is 0 Å². The molecule has 2 fully saturated rings. The van der Waals surface area contributed by atoms with Crippen LogP contribution < -0.4 is 0 Å². The zero-order valence-electron chi connectivity index (χ0n) is 7.82. The molecule has 0 spiro atoms. The summed E-state index contributed by atoms with van der Waals surface area (Å²) in [5.41, 5.74) is 0. The predicted molar refractivity (Wildman–Crippen MR) is 45.9 cm³/mol. The minimum atomic E-state index is 0.0372. The van der Waals surface area contributed by atoms with E-state index in [4.69, 9.17) is 9.47 Å². The Labute approximate surface area is 73.6 Å². The summed E-state index contributed by atoms with van der Waals surface area (Å²) >= 11 is 0. The molecule has 3 nitrogen and oxygen atoms in total. The van der Waals surface area contributed by atoms with Crippen LogP contribution in [0.1, 0.15) is 20.3 Å². The lowest BCUT2D eigenvalue weighted by Crippen LogP contribution is -2.55. The van der Waals surface area contributed by atoms with Crippen LogP contribution in [0.25, 0.3) is 0 Å². The zero-order valence-corrected chi connectivity index (χ0v) is 7.82. The molecule has 2 unspecified atom stereocenters. The van der Waals surface area contributed by atoms with Crippen molar-refractivity contribution in [1.82, 2.24) is 4.90 Å². The van der Waals surface area contributed by atoms with Crippen LogP contribution in [0.2, 0.25) is 0 Å². The van der Waals surface area contributed by atoms with Crippen LogP contribution in [0.3, 0.4) is 0 Å². The summed E-state index contributed by atoms with van der Waals surface area (Å²) in [6.07, 6.45) is 1.35. The van der Waals surface area contributed by atoms with Crippen LogP contribution in [-0.2, 0) is 9.47 Å². The molecule has 0 aromatic carbocycles. The first-order valence-corrected chi connectivity index (χ1v) is 4.76. The van der Waals surface area contributed by atoms with E-state index in [0.29, 0.717) is 12.1 Å². The van der Waals surface area contributed by atoms with Gasteiger partial charge in [-0.25, -0.2) is 0 Å². The van der Waals surface area contributed by atoms with E-state index in [1.807, 2.05) is 0 Å². The fourth-order valence-corrected chi connectivity index (χ4v) is 2.11. The first kappa shape index (κ1) is 8.48. The summed E-state index contributed by atoms with van der Waals surface area (Å²) in [7, 11) is 0. The van der Waals surface area contributed by atoms with Gasteiger partial charge in [0.05, 0.1) is 19.8 Å². The first-order chi connectivity index (χ1) is 5.77. The second kappa shape index (κ2) is 3.32. The van der Waals surface area contributed by atoms with Gasteiger partial charge in [0.1, 0.15) is 0 Å². The van der Waals surface area contributed by atoms with E-state index in [2.05, 4.69) is 18.7 Å². The van der Waals surface area contributed by atoms with Crippen molar-refractivity contribution in [2.24, 2.45) is 0 Å². The lowest BCUT2D eigenvalue weighted by molar-refractivity contribution is -0.0971. The Morgan fingerprint density at radius 1 is 1.17 bits per heavy atom. The van der Waals surface area contributed by atoms with Crippen LogP contribution >= 0.6 is 0 Å². The highest BCUT2D eigenvalue weighted by Crippen LogP contribution is 2.25. The van der Waals surface area contributed by atoms with Gasteiger partial charge >= 0.3 is 0 Å². The quantitative estimate of drug-likeness (QED) is 0.614. The lowest BCUT2D eigenvalue weighted by atomic mass is 9.96. The number of likely N-dealkylation sites (tertiary alicyclic amines) is 1. The smallest absolute Gasteiger partial charge is 0.170 e. The molecule has 12 heavy (non-hydrogen) atoms. The molecular formula is C9H17NO2. The maximum atomic E-state index is 5.39. The molecule has 2 saturated heterocycles. The molecule has 0 radical (unpaired) electrons. The normalized spacial score (nSPS) is 38.5. The summed E-state index contributed by atoms with van der Waals surface area (Å²) in [4.78, 5) is 2.44. The monoisotopic (exact) mass is 171 g/mol. The topological polar surface area (TPSA) is 21.7 Å². The molecule has 3 heteroatoms. The van der Waals surface area contributed by atoms with E-state index in [1.54, 1.807) is 0 Å². The fourth-order valence-electron chi connectivity index (χ4n) is 2.11. The average Bonchev–Trinajstić information content (AvgIpc) is 2.52. The van der Waals surface area contributed by atoms with E-state index in [-0.39, 0.29) is 6.29 Å². The number of hydrogen-bond donors (Lipinski definition) is 0. The van der Waals surface area contributed by atoms with E-state index in [0.717, 1.165) is 19.8 Å². The van der Waals surface area contributed by atoms with Crippen molar-refractivity contribution in [3.8, 4) is 0 Å². The van der Waals surface area contributed by atoms with E-state index >= 15 is 0 Å². The van der Waals surface area contributed by atoms with Crippen molar-refractivity contribution in [2.45, 2.75) is 38.6 Å². The third-order valence-electron chi connectivity index (χ3n) is 2.87. The highest BCUT2D eigenvalue weighted by Gasteiger charge is 2.34. The van der Waals surface area contributed by atoms with Crippen molar-refractivity contribution >= 4 is 0 Å². The van der Waals surface area contributed by atoms with Crippen molar-refractivity contribution in [3.05, 3.63) is 0 Å². The van der Waals surface area contributed by atoms with Gasteiger partial charge in [0.2, 0.25) is 0 Å². The molecule has 70 valence electrons. The molecule has 0 bridgehead atoms. The minimum Gasteiger partial charge on any atom is -0.349 e. The SMILES string of the molecule is CC1CC(C)N1CC1OCCO1.